The van der Waals surface area contributed by atoms with Crippen molar-refractivity contribution in [2.75, 3.05) is 19.7 Å². The zero-order valence-electron chi connectivity index (χ0n) is 17.0. The fraction of sp³-hybridized carbons (Fsp3) is 0.435. The van der Waals surface area contributed by atoms with Gasteiger partial charge in [0, 0.05) is 13.1 Å². The average Bonchev–Trinajstić information content (AvgIpc) is 2.60. The summed E-state index contributed by atoms with van der Waals surface area (Å²) in [5, 5.41) is 13.1. The Morgan fingerprint density at radius 1 is 1.18 bits per heavy atom. The Morgan fingerprint density at radius 3 is 2.43 bits per heavy atom. The number of aromatic hydroxyl groups is 1. The number of phenols is 1. The first-order chi connectivity index (χ1) is 13.3. The molecule has 28 heavy (non-hydrogen) atoms. The van der Waals surface area contributed by atoms with Crippen molar-refractivity contribution in [1.82, 2.24) is 5.32 Å². The van der Waals surface area contributed by atoms with Crippen LogP contribution in [0.25, 0.3) is 0 Å². The number of hydrogen-bond acceptors (Lipinski definition) is 5. The maximum absolute atomic E-state index is 11.8. The van der Waals surface area contributed by atoms with Gasteiger partial charge in [-0.3, -0.25) is 0 Å². The van der Waals surface area contributed by atoms with Gasteiger partial charge in [-0.05, 0) is 72.2 Å². The van der Waals surface area contributed by atoms with Crippen molar-refractivity contribution in [2.24, 2.45) is 0 Å². The van der Waals surface area contributed by atoms with E-state index < -0.39 is 0 Å². The molecule has 0 bridgehead atoms. The molecule has 5 nitrogen and oxygen atoms in total. The van der Waals surface area contributed by atoms with E-state index in [0.717, 1.165) is 23.1 Å². The van der Waals surface area contributed by atoms with E-state index in [0.29, 0.717) is 24.6 Å². The van der Waals surface area contributed by atoms with Gasteiger partial charge in [0.2, 0.25) is 0 Å². The van der Waals surface area contributed by atoms with Crippen LogP contribution in [-0.2, 0) is 16.0 Å². The lowest BCUT2D eigenvalue weighted by Crippen LogP contribution is -2.49. The van der Waals surface area contributed by atoms with Crippen LogP contribution in [0.2, 0.25) is 0 Å². The SMILES string of the molecule is Cc1cc(OCC(=O)OC2CNC2)cc(C)c1Cc1ccc(O)c(C(C)C)c1. The number of carbonyl (C=O) groups excluding carboxylic acids is 1. The Bertz CT molecular complexity index is 833. The van der Waals surface area contributed by atoms with Crippen molar-refractivity contribution in [3.63, 3.8) is 0 Å². The van der Waals surface area contributed by atoms with Crippen LogP contribution in [0, 0.1) is 13.8 Å². The topological polar surface area (TPSA) is 67.8 Å². The lowest BCUT2D eigenvalue weighted by atomic mass is 9.93. The van der Waals surface area contributed by atoms with E-state index in [4.69, 9.17) is 9.47 Å². The lowest BCUT2D eigenvalue weighted by Gasteiger charge is -2.26. The average molecular weight is 383 g/mol. The summed E-state index contributed by atoms with van der Waals surface area (Å²) in [7, 11) is 0. The minimum absolute atomic E-state index is 0.0250. The summed E-state index contributed by atoms with van der Waals surface area (Å²) in [4.78, 5) is 11.8. The Balaban J connectivity index is 1.68. The molecule has 1 fully saturated rings. The van der Waals surface area contributed by atoms with Crippen molar-refractivity contribution in [2.45, 2.75) is 46.1 Å². The predicted octanol–water partition coefficient (Wildman–Crippen LogP) is 3.62. The Kier molecular flexibility index (Phi) is 6.25. The third-order valence-electron chi connectivity index (χ3n) is 5.16. The Hall–Kier alpha value is -2.53. The summed E-state index contributed by atoms with van der Waals surface area (Å²) in [5.74, 6) is 0.959. The highest BCUT2D eigenvalue weighted by molar-refractivity contribution is 5.71. The summed E-state index contributed by atoms with van der Waals surface area (Å²) in [6, 6.07) is 9.75. The maximum atomic E-state index is 11.8. The van der Waals surface area contributed by atoms with Gasteiger partial charge in [0.15, 0.2) is 6.61 Å². The first-order valence-electron chi connectivity index (χ1n) is 9.78. The zero-order chi connectivity index (χ0) is 20.3. The third kappa shape index (κ3) is 4.84. The standard InChI is InChI=1S/C23H29NO4/c1-14(2)20-9-17(5-6-22(20)25)10-21-15(3)7-18(8-16(21)4)27-13-23(26)28-19-11-24-12-19/h5-9,14,19,24-25H,10-13H2,1-4H3. The van der Waals surface area contributed by atoms with E-state index in [9.17, 15) is 9.90 Å². The highest BCUT2D eigenvalue weighted by Gasteiger charge is 2.21. The van der Waals surface area contributed by atoms with Crippen molar-refractivity contribution in [3.05, 3.63) is 58.1 Å². The van der Waals surface area contributed by atoms with E-state index >= 15 is 0 Å². The zero-order valence-corrected chi connectivity index (χ0v) is 17.0. The third-order valence-corrected chi connectivity index (χ3v) is 5.16. The Labute approximate surface area is 166 Å². The van der Waals surface area contributed by atoms with Crippen LogP contribution in [0.3, 0.4) is 0 Å². The van der Waals surface area contributed by atoms with Gasteiger partial charge in [0.05, 0.1) is 0 Å². The molecular weight excluding hydrogens is 354 g/mol. The lowest BCUT2D eigenvalue weighted by molar-refractivity contribution is -0.153. The van der Waals surface area contributed by atoms with Gasteiger partial charge in [-0.2, -0.15) is 0 Å². The summed E-state index contributed by atoms with van der Waals surface area (Å²) in [5.41, 5.74) is 5.60. The fourth-order valence-electron chi connectivity index (χ4n) is 3.40. The number of aryl methyl sites for hydroxylation is 2. The molecule has 1 aliphatic rings. The summed E-state index contributed by atoms with van der Waals surface area (Å²) in [6.45, 7) is 9.61. The van der Waals surface area contributed by atoms with Gasteiger partial charge in [0.1, 0.15) is 17.6 Å². The van der Waals surface area contributed by atoms with Gasteiger partial charge in [-0.1, -0.05) is 26.0 Å². The molecule has 0 saturated carbocycles. The highest BCUT2D eigenvalue weighted by atomic mass is 16.6. The molecule has 0 unspecified atom stereocenters. The minimum Gasteiger partial charge on any atom is -0.508 e. The first-order valence-corrected chi connectivity index (χ1v) is 9.78. The second-order valence-electron chi connectivity index (χ2n) is 7.82. The molecule has 0 amide bonds. The van der Waals surface area contributed by atoms with Crippen molar-refractivity contribution in [3.8, 4) is 11.5 Å². The maximum Gasteiger partial charge on any atom is 0.344 e. The summed E-state index contributed by atoms with van der Waals surface area (Å²) < 4.78 is 10.9. The van der Waals surface area contributed by atoms with Crippen LogP contribution in [0.4, 0.5) is 0 Å². The van der Waals surface area contributed by atoms with Gasteiger partial charge in [-0.25, -0.2) is 4.79 Å². The molecule has 0 radical (unpaired) electrons. The van der Waals surface area contributed by atoms with Crippen LogP contribution in [0.15, 0.2) is 30.3 Å². The number of esters is 1. The second-order valence-corrected chi connectivity index (χ2v) is 7.82. The molecule has 2 aromatic carbocycles. The smallest absolute Gasteiger partial charge is 0.344 e. The number of ether oxygens (including phenoxy) is 2. The van der Waals surface area contributed by atoms with E-state index in [1.165, 1.54) is 11.1 Å². The van der Waals surface area contributed by atoms with E-state index in [2.05, 4.69) is 39.1 Å². The number of hydrogen-bond donors (Lipinski definition) is 2. The van der Waals surface area contributed by atoms with Crippen molar-refractivity contribution in [1.29, 1.82) is 0 Å². The monoisotopic (exact) mass is 383 g/mol. The number of benzene rings is 2. The van der Waals surface area contributed by atoms with Crippen LogP contribution >= 0.6 is 0 Å². The predicted molar refractivity (Wildman–Crippen MR) is 109 cm³/mol. The normalized spacial score (nSPS) is 14.0. The van der Waals surface area contributed by atoms with Gasteiger partial charge >= 0.3 is 5.97 Å². The first kappa shape index (κ1) is 20.2. The van der Waals surface area contributed by atoms with E-state index in [1.54, 1.807) is 6.07 Å². The van der Waals surface area contributed by atoms with Crippen LogP contribution in [0.5, 0.6) is 11.5 Å². The largest absolute Gasteiger partial charge is 0.508 e. The van der Waals surface area contributed by atoms with Crippen LogP contribution in [-0.4, -0.2) is 36.9 Å². The number of phenolic OH excluding ortho intramolecular Hbond substituents is 1. The van der Waals surface area contributed by atoms with Gasteiger partial charge < -0.3 is 19.9 Å². The second kappa shape index (κ2) is 8.65. The Morgan fingerprint density at radius 2 is 1.86 bits per heavy atom. The van der Waals surface area contributed by atoms with Gasteiger partial charge in [0.25, 0.3) is 0 Å². The van der Waals surface area contributed by atoms with Crippen molar-refractivity contribution >= 4 is 5.97 Å². The van der Waals surface area contributed by atoms with Gasteiger partial charge in [-0.15, -0.1) is 0 Å². The molecule has 2 aromatic rings. The van der Waals surface area contributed by atoms with Crippen molar-refractivity contribution < 1.29 is 19.4 Å². The quantitative estimate of drug-likeness (QED) is 0.715. The molecule has 2 N–H and O–H groups in total. The molecule has 150 valence electrons. The summed E-state index contributed by atoms with van der Waals surface area (Å²) >= 11 is 0. The molecule has 5 heteroatoms. The fourth-order valence-corrected chi connectivity index (χ4v) is 3.40. The number of nitrogens with one attached hydrogen (secondary N) is 1. The molecule has 1 aliphatic heterocycles. The van der Waals surface area contributed by atoms with Crippen LogP contribution in [0.1, 0.15) is 47.6 Å². The molecular formula is C23H29NO4. The summed E-state index contributed by atoms with van der Waals surface area (Å²) in [6.07, 6.45) is 0.761. The highest BCUT2D eigenvalue weighted by Crippen LogP contribution is 2.29. The minimum atomic E-state index is -0.337. The molecule has 1 saturated heterocycles. The molecule has 0 aliphatic carbocycles. The molecule has 0 spiro atoms. The van der Waals surface area contributed by atoms with E-state index in [-0.39, 0.29) is 24.6 Å². The number of carbonyl (C=O) groups is 1. The van der Waals surface area contributed by atoms with Crippen LogP contribution < -0.4 is 10.1 Å². The number of rotatable bonds is 7. The van der Waals surface area contributed by atoms with E-state index in [1.807, 2.05) is 18.2 Å². The molecule has 0 atom stereocenters. The molecule has 1 heterocycles. The molecule has 0 aromatic heterocycles. The molecule has 3 rings (SSSR count).